The summed E-state index contributed by atoms with van der Waals surface area (Å²) in [4.78, 5) is 8.21. The molecule has 0 aliphatic rings. The third kappa shape index (κ3) is 4.70. The van der Waals surface area contributed by atoms with E-state index in [9.17, 15) is 0 Å². The van der Waals surface area contributed by atoms with Gasteiger partial charge in [-0.05, 0) is 19.6 Å². The highest BCUT2D eigenvalue weighted by Crippen LogP contribution is 2.13. The number of nitrogens with zero attached hydrogens (tertiary/aromatic N) is 2. The van der Waals surface area contributed by atoms with E-state index in [1.165, 1.54) is 6.33 Å². The van der Waals surface area contributed by atoms with Gasteiger partial charge < -0.3 is 10.1 Å². The van der Waals surface area contributed by atoms with E-state index in [1.54, 1.807) is 0 Å². The highest BCUT2D eigenvalue weighted by Gasteiger charge is 2.03. The van der Waals surface area contributed by atoms with Gasteiger partial charge in [-0.3, -0.25) is 0 Å². The first-order chi connectivity index (χ1) is 7.76. The Morgan fingerprint density at radius 3 is 3.00 bits per heavy atom. The van der Waals surface area contributed by atoms with Crippen molar-refractivity contribution in [2.24, 2.45) is 0 Å². The highest BCUT2D eigenvalue weighted by molar-refractivity contribution is 7.98. The van der Waals surface area contributed by atoms with Gasteiger partial charge in [0.1, 0.15) is 12.1 Å². The first-order valence-corrected chi connectivity index (χ1v) is 6.86. The summed E-state index contributed by atoms with van der Waals surface area (Å²) in [6.45, 7) is 4.89. The van der Waals surface area contributed by atoms with Gasteiger partial charge in [-0.1, -0.05) is 6.92 Å². The molecule has 1 atom stereocenters. The SMILES string of the molecule is CCCOc1cc(NC(C)CSC)ncn1. The molecule has 1 unspecified atom stereocenters. The molecule has 1 rings (SSSR count). The predicted molar refractivity (Wildman–Crippen MR) is 69.3 cm³/mol. The van der Waals surface area contributed by atoms with E-state index in [1.807, 2.05) is 17.8 Å². The van der Waals surface area contributed by atoms with Gasteiger partial charge in [-0.15, -0.1) is 0 Å². The summed E-state index contributed by atoms with van der Waals surface area (Å²) in [7, 11) is 0. The Hall–Kier alpha value is -0.970. The van der Waals surface area contributed by atoms with E-state index < -0.39 is 0 Å². The van der Waals surface area contributed by atoms with Crippen molar-refractivity contribution in [3.05, 3.63) is 12.4 Å². The molecule has 1 heterocycles. The summed E-state index contributed by atoms with van der Waals surface area (Å²) < 4.78 is 5.44. The average Bonchev–Trinajstić information content (AvgIpc) is 2.27. The second-order valence-corrected chi connectivity index (χ2v) is 4.50. The van der Waals surface area contributed by atoms with E-state index in [4.69, 9.17) is 4.74 Å². The minimum Gasteiger partial charge on any atom is -0.478 e. The Bertz CT molecular complexity index is 309. The van der Waals surface area contributed by atoms with Crippen LogP contribution in [0.4, 0.5) is 5.82 Å². The van der Waals surface area contributed by atoms with Crippen molar-refractivity contribution in [3.8, 4) is 5.88 Å². The molecule has 90 valence electrons. The van der Waals surface area contributed by atoms with E-state index in [0.717, 1.165) is 18.0 Å². The maximum absolute atomic E-state index is 5.44. The Morgan fingerprint density at radius 1 is 1.50 bits per heavy atom. The van der Waals surface area contributed by atoms with E-state index in [0.29, 0.717) is 18.5 Å². The van der Waals surface area contributed by atoms with Gasteiger partial charge in [0.25, 0.3) is 0 Å². The number of hydrogen-bond donors (Lipinski definition) is 1. The van der Waals surface area contributed by atoms with Gasteiger partial charge in [0, 0.05) is 17.9 Å². The minimum absolute atomic E-state index is 0.393. The van der Waals surface area contributed by atoms with Crippen LogP contribution >= 0.6 is 11.8 Å². The maximum atomic E-state index is 5.44. The minimum atomic E-state index is 0.393. The molecule has 0 aliphatic carbocycles. The Kier molecular flexibility index (Phi) is 6.00. The zero-order chi connectivity index (χ0) is 11.8. The third-order valence-corrected chi connectivity index (χ3v) is 2.74. The van der Waals surface area contributed by atoms with Gasteiger partial charge in [-0.25, -0.2) is 9.97 Å². The molecule has 0 amide bonds. The van der Waals surface area contributed by atoms with Crippen LogP contribution in [0.1, 0.15) is 20.3 Å². The van der Waals surface area contributed by atoms with Crippen molar-refractivity contribution >= 4 is 17.6 Å². The number of anilines is 1. The van der Waals surface area contributed by atoms with Crippen LogP contribution in [0.5, 0.6) is 5.88 Å². The van der Waals surface area contributed by atoms with Crippen molar-refractivity contribution in [2.45, 2.75) is 26.3 Å². The van der Waals surface area contributed by atoms with Crippen LogP contribution in [-0.4, -0.2) is 34.6 Å². The lowest BCUT2D eigenvalue weighted by Crippen LogP contribution is -2.18. The lowest BCUT2D eigenvalue weighted by Gasteiger charge is -2.13. The van der Waals surface area contributed by atoms with E-state index >= 15 is 0 Å². The van der Waals surface area contributed by atoms with E-state index in [2.05, 4.69) is 35.4 Å². The topological polar surface area (TPSA) is 47.0 Å². The molecule has 0 saturated heterocycles. The summed E-state index contributed by atoms with van der Waals surface area (Å²) in [6.07, 6.45) is 4.60. The maximum Gasteiger partial charge on any atom is 0.218 e. The summed E-state index contributed by atoms with van der Waals surface area (Å²) in [6, 6.07) is 2.23. The molecule has 1 aromatic rings. The predicted octanol–water partition coefficient (Wildman–Crippen LogP) is 2.43. The number of nitrogens with one attached hydrogen (secondary N) is 1. The second-order valence-electron chi connectivity index (χ2n) is 3.59. The van der Waals surface area contributed by atoms with Crippen LogP contribution < -0.4 is 10.1 Å². The normalized spacial score (nSPS) is 12.2. The summed E-state index contributed by atoms with van der Waals surface area (Å²) in [5.74, 6) is 2.51. The van der Waals surface area contributed by atoms with Gasteiger partial charge >= 0.3 is 0 Å². The van der Waals surface area contributed by atoms with Gasteiger partial charge in [0.2, 0.25) is 5.88 Å². The molecule has 0 bridgehead atoms. The largest absolute Gasteiger partial charge is 0.478 e. The van der Waals surface area contributed by atoms with Crippen molar-refractivity contribution in [1.82, 2.24) is 9.97 Å². The Labute approximate surface area is 101 Å². The van der Waals surface area contributed by atoms with Crippen LogP contribution in [0.3, 0.4) is 0 Å². The molecule has 0 radical (unpaired) electrons. The van der Waals surface area contributed by atoms with Crippen LogP contribution in [0.25, 0.3) is 0 Å². The van der Waals surface area contributed by atoms with Crippen LogP contribution in [0, 0.1) is 0 Å². The molecule has 0 saturated carbocycles. The molecule has 4 nitrogen and oxygen atoms in total. The first kappa shape index (κ1) is 13.1. The second kappa shape index (κ2) is 7.33. The highest BCUT2D eigenvalue weighted by atomic mass is 32.2. The van der Waals surface area contributed by atoms with Crippen molar-refractivity contribution in [3.63, 3.8) is 0 Å². The molecule has 1 N–H and O–H groups in total. The fraction of sp³-hybridized carbons (Fsp3) is 0.636. The van der Waals surface area contributed by atoms with Crippen LogP contribution in [-0.2, 0) is 0 Å². The average molecular weight is 241 g/mol. The van der Waals surface area contributed by atoms with Crippen molar-refractivity contribution in [2.75, 3.05) is 23.9 Å². The van der Waals surface area contributed by atoms with Crippen molar-refractivity contribution in [1.29, 1.82) is 0 Å². The number of ether oxygens (including phenoxy) is 1. The zero-order valence-electron chi connectivity index (χ0n) is 10.1. The number of aromatic nitrogens is 2. The van der Waals surface area contributed by atoms with Crippen molar-refractivity contribution < 1.29 is 4.74 Å². The molecular formula is C11H19N3OS. The fourth-order valence-electron chi connectivity index (χ4n) is 1.25. The lowest BCUT2D eigenvalue weighted by atomic mass is 10.4. The third-order valence-electron chi connectivity index (χ3n) is 1.91. The van der Waals surface area contributed by atoms with Crippen LogP contribution in [0.2, 0.25) is 0 Å². The summed E-state index contributed by atoms with van der Waals surface area (Å²) in [5, 5.41) is 3.31. The molecule has 0 spiro atoms. The number of hydrogen-bond acceptors (Lipinski definition) is 5. The Balaban J connectivity index is 2.52. The number of thioether (sulfide) groups is 1. The molecule has 0 aromatic carbocycles. The molecule has 0 aliphatic heterocycles. The quantitative estimate of drug-likeness (QED) is 0.794. The van der Waals surface area contributed by atoms with E-state index in [-0.39, 0.29) is 0 Å². The summed E-state index contributed by atoms with van der Waals surface area (Å²) >= 11 is 1.81. The summed E-state index contributed by atoms with van der Waals surface area (Å²) in [5.41, 5.74) is 0. The standard InChI is InChI=1S/C11H19N3OS/c1-4-5-15-11-6-10(12-8-13-11)14-9(2)7-16-3/h6,8-9H,4-5,7H2,1-3H3,(H,12,13,14). The molecular weight excluding hydrogens is 222 g/mol. The van der Waals surface area contributed by atoms with Gasteiger partial charge in [0.15, 0.2) is 0 Å². The molecule has 0 fully saturated rings. The smallest absolute Gasteiger partial charge is 0.218 e. The number of rotatable bonds is 7. The Morgan fingerprint density at radius 2 is 2.31 bits per heavy atom. The van der Waals surface area contributed by atoms with Gasteiger partial charge in [0.05, 0.1) is 6.61 Å². The first-order valence-electron chi connectivity index (χ1n) is 5.46. The molecule has 5 heteroatoms. The van der Waals surface area contributed by atoms with Gasteiger partial charge in [-0.2, -0.15) is 11.8 Å². The lowest BCUT2D eigenvalue weighted by molar-refractivity contribution is 0.305. The molecule has 1 aromatic heterocycles. The fourth-order valence-corrected chi connectivity index (χ4v) is 1.83. The monoisotopic (exact) mass is 241 g/mol. The van der Waals surface area contributed by atoms with Crippen LogP contribution in [0.15, 0.2) is 12.4 Å². The molecule has 16 heavy (non-hydrogen) atoms. The zero-order valence-corrected chi connectivity index (χ0v) is 10.9.